The summed E-state index contributed by atoms with van der Waals surface area (Å²) in [6.07, 6.45) is 5.58. The fraction of sp³-hybridized carbons (Fsp3) is 1.00. The molecular weight excluding hydrogens is 334 g/mol. The number of hydrogen-bond acceptors (Lipinski definition) is 0. The standard InChI is InChI=1S/C26H56B2/c1-14-15-16-17-26(27(22(10)18(2)3)23(11)19(4)5)28(24(12)20(6)7)25(13)21(8)9/h18-26H,14-17H2,1-13H3. The Morgan fingerprint density at radius 1 is 0.464 bits per heavy atom. The van der Waals surface area contributed by atoms with Gasteiger partial charge in [-0.1, -0.05) is 168 Å². The summed E-state index contributed by atoms with van der Waals surface area (Å²) < 4.78 is 0. The van der Waals surface area contributed by atoms with Crippen molar-refractivity contribution in [3.8, 4) is 0 Å². The second kappa shape index (κ2) is 13.4. The van der Waals surface area contributed by atoms with Crippen LogP contribution < -0.4 is 0 Å². The van der Waals surface area contributed by atoms with E-state index in [-0.39, 0.29) is 0 Å². The summed E-state index contributed by atoms with van der Waals surface area (Å²) in [5.74, 6) is 6.26. The van der Waals surface area contributed by atoms with E-state index in [0.29, 0.717) is 0 Å². The van der Waals surface area contributed by atoms with Crippen molar-refractivity contribution >= 4 is 13.4 Å². The summed E-state index contributed by atoms with van der Waals surface area (Å²) in [5.41, 5.74) is 0.858. The zero-order valence-electron chi connectivity index (χ0n) is 22.2. The summed E-state index contributed by atoms with van der Waals surface area (Å²) in [6, 6.07) is 0. The van der Waals surface area contributed by atoms with E-state index in [0.717, 1.165) is 66.1 Å². The minimum absolute atomic E-state index is 0.768. The molecule has 0 bridgehead atoms. The Morgan fingerprint density at radius 2 is 0.750 bits per heavy atom. The predicted molar refractivity (Wildman–Crippen MR) is 136 cm³/mol. The fourth-order valence-electron chi connectivity index (χ4n) is 5.57. The summed E-state index contributed by atoms with van der Waals surface area (Å²) >= 11 is 0. The lowest BCUT2D eigenvalue weighted by atomic mass is 9.09. The molecule has 0 heterocycles. The van der Waals surface area contributed by atoms with Gasteiger partial charge in [-0.05, 0) is 0 Å². The molecule has 4 unspecified atom stereocenters. The number of hydrogen-bond donors (Lipinski definition) is 0. The molecule has 0 aliphatic carbocycles. The summed E-state index contributed by atoms with van der Waals surface area (Å²) in [4.78, 5) is 0. The molecule has 0 radical (unpaired) electrons. The Morgan fingerprint density at radius 3 is 0.964 bits per heavy atom. The first-order valence-electron chi connectivity index (χ1n) is 12.9. The van der Waals surface area contributed by atoms with Gasteiger partial charge in [0.2, 0.25) is 0 Å². The quantitative estimate of drug-likeness (QED) is 0.205. The fourth-order valence-corrected chi connectivity index (χ4v) is 5.57. The highest BCUT2D eigenvalue weighted by Crippen LogP contribution is 2.49. The van der Waals surface area contributed by atoms with E-state index in [4.69, 9.17) is 0 Å². The molecule has 0 aromatic rings. The summed E-state index contributed by atoms with van der Waals surface area (Å²) in [7, 11) is 0. The van der Waals surface area contributed by atoms with Gasteiger partial charge in [-0.15, -0.1) is 0 Å². The van der Waals surface area contributed by atoms with Crippen molar-refractivity contribution in [3.63, 3.8) is 0 Å². The second-order valence-electron chi connectivity index (χ2n) is 11.7. The molecule has 166 valence electrons. The van der Waals surface area contributed by atoms with Gasteiger partial charge >= 0.3 is 0 Å². The van der Waals surface area contributed by atoms with Crippen molar-refractivity contribution in [2.75, 3.05) is 0 Å². The van der Waals surface area contributed by atoms with Crippen LogP contribution >= 0.6 is 0 Å². The molecule has 0 aliphatic rings. The van der Waals surface area contributed by atoms with Gasteiger partial charge in [0.1, 0.15) is 13.4 Å². The normalized spacial score (nSPS) is 17.9. The largest absolute Gasteiger partial charge is 0.142 e. The van der Waals surface area contributed by atoms with Crippen LogP contribution in [0.5, 0.6) is 0 Å². The van der Waals surface area contributed by atoms with Gasteiger partial charge in [-0.25, -0.2) is 0 Å². The molecule has 0 amide bonds. The molecule has 0 aliphatic heterocycles. The van der Waals surface area contributed by atoms with Gasteiger partial charge in [-0.2, -0.15) is 0 Å². The third kappa shape index (κ3) is 8.10. The van der Waals surface area contributed by atoms with Crippen molar-refractivity contribution in [1.29, 1.82) is 0 Å². The lowest BCUT2D eigenvalue weighted by molar-refractivity contribution is 0.528. The van der Waals surface area contributed by atoms with E-state index in [9.17, 15) is 0 Å². The van der Waals surface area contributed by atoms with Crippen LogP contribution in [0.25, 0.3) is 0 Å². The summed E-state index contributed by atoms with van der Waals surface area (Å²) in [6.45, 7) is 34.0. The van der Waals surface area contributed by atoms with Gasteiger partial charge in [0, 0.05) is 0 Å². The van der Waals surface area contributed by atoms with Crippen molar-refractivity contribution in [2.24, 2.45) is 23.7 Å². The SMILES string of the molecule is CCCCCC(B(C(C)C(C)C)C(C)C(C)C)B(C(C)C(C)C)C(C)C(C)C. The van der Waals surface area contributed by atoms with Gasteiger partial charge in [0.05, 0.1) is 0 Å². The van der Waals surface area contributed by atoms with Gasteiger partial charge in [0.15, 0.2) is 0 Å². The minimum atomic E-state index is 0.768. The lowest BCUT2D eigenvalue weighted by Crippen LogP contribution is -2.46. The van der Waals surface area contributed by atoms with Crippen LogP contribution in [0.1, 0.15) is 116 Å². The third-order valence-corrected chi connectivity index (χ3v) is 8.76. The van der Waals surface area contributed by atoms with E-state index >= 15 is 0 Å². The zero-order valence-corrected chi connectivity index (χ0v) is 22.2. The van der Waals surface area contributed by atoms with Crippen LogP contribution in [-0.4, -0.2) is 13.4 Å². The molecule has 0 nitrogen and oxygen atoms in total. The molecule has 0 N–H and O–H groups in total. The Hall–Kier alpha value is 0.130. The van der Waals surface area contributed by atoms with E-state index in [1.54, 1.807) is 0 Å². The number of unbranched alkanes of at least 4 members (excludes halogenated alkanes) is 2. The van der Waals surface area contributed by atoms with Crippen molar-refractivity contribution in [1.82, 2.24) is 0 Å². The van der Waals surface area contributed by atoms with Gasteiger partial charge < -0.3 is 0 Å². The number of rotatable bonds is 14. The maximum absolute atomic E-state index is 2.57. The molecule has 0 aromatic carbocycles. The average molecular weight is 390 g/mol. The van der Waals surface area contributed by atoms with Gasteiger partial charge in [-0.3, -0.25) is 0 Å². The van der Waals surface area contributed by atoms with Crippen LogP contribution in [0.4, 0.5) is 0 Å². The average Bonchev–Trinajstić information content (AvgIpc) is 2.60. The van der Waals surface area contributed by atoms with E-state index in [2.05, 4.69) is 90.0 Å². The van der Waals surface area contributed by atoms with E-state index < -0.39 is 0 Å². The highest BCUT2D eigenvalue weighted by atomic mass is 14.2. The first-order valence-corrected chi connectivity index (χ1v) is 12.9. The van der Waals surface area contributed by atoms with Crippen molar-refractivity contribution < 1.29 is 0 Å². The van der Waals surface area contributed by atoms with Crippen LogP contribution in [0.2, 0.25) is 29.0 Å². The molecule has 0 aromatic heterocycles. The summed E-state index contributed by atoms with van der Waals surface area (Å²) in [5, 5.41) is 0. The molecule has 28 heavy (non-hydrogen) atoms. The molecule has 0 fully saturated rings. The molecule has 0 saturated carbocycles. The second-order valence-corrected chi connectivity index (χ2v) is 11.7. The Labute approximate surface area is 182 Å². The first-order chi connectivity index (χ1) is 12.9. The Bertz CT molecular complexity index is 328. The topological polar surface area (TPSA) is 0 Å². The highest BCUT2D eigenvalue weighted by Gasteiger charge is 2.46. The lowest BCUT2D eigenvalue weighted by Gasteiger charge is -2.45. The highest BCUT2D eigenvalue weighted by molar-refractivity contribution is 6.82. The maximum atomic E-state index is 2.57. The van der Waals surface area contributed by atoms with Crippen LogP contribution in [-0.2, 0) is 0 Å². The van der Waals surface area contributed by atoms with Crippen LogP contribution in [0.3, 0.4) is 0 Å². The van der Waals surface area contributed by atoms with Crippen LogP contribution in [0.15, 0.2) is 0 Å². The predicted octanol–water partition coefficient (Wildman–Crippen LogP) is 9.65. The Kier molecular flexibility index (Phi) is 13.5. The monoisotopic (exact) mass is 390 g/mol. The van der Waals surface area contributed by atoms with Crippen molar-refractivity contribution in [2.45, 2.75) is 145 Å². The van der Waals surface area contributed by atoms with Crippen LogP contribution in [0, 0.1) is 23.7 Å². The van der Waals surface area contributed by atoms with E-state index in [1.807, 2.05) is 0 Å². The van der Waals surface area contributed by atoms with Gasteiger partial charge in [0.25, 0.3) is 0 Å². The first kappa shape index (κ1) is 28.1. The van der Waals surface area contributed by atoms with E-state index in [1.165, 1.54) is 25.7 Å². The minimum Gasteiger partial charge on any atom is -0.0820 e. The zero-order chi connectivity index (χ0) is 22.2. The molecule has 2 heteroatoms. The molecular formula is C26H56B2. The molecule has 0 rings (SSSR count). The third-order valence-electron chi connectivity index (χ3n) is 8.76. The Balaban J connectivity index is 6.27. The maximum Gasteiger partial charge on any atom is 0.142 e. The molecule has 0 saturated heterocycles. The molecule has 0 spiro atoms. The smallest absolute Gasteiger partial charge is 0.0820 e. The molecule has 4 atom stereocenters. The van der Waals surface area contributed by atoms with Crippen molar-refractivity contribution in [3.05, 3.63) is 0 Å².